The highest BCUT2D eigenvalue weighted by molar-refractivity contribution is 5.90. The number of allylic oxidation sites excluding steroid dienone is 2. The first-order chi connectivity index (χ1) is 6.39. The Morgan fingerprint density at radius 1 is 1.08 bits per heavy atom. The fourth-order valence-corrected chi connectivity index (χ4v) is 1.49. The molecule has 0 bridgehead atoms. The molecule has 1 aliphatic heterocycles. The summed E-state index contributed by atoms with van der Waals surface area (Å²) in [4.78, 5) is 10.4. The molecule has 1 heterocycles. The number of nitrogens with one attached hydrogen (secondary N) is 1. The molecule has 0 atom stereocenters. The van der Waals surface area contributed by atoms with E-state index in [9.17, 15) is 4.79 Å². The predicted molar refractivity (Wildman–Crippen MR) is 54.7 cm³/mol. The lowest BCUT2D eigenvalue weighted by Gasteiger charge is -2.08. The molecule has 1 fully saturated rings. The maximum atomic E-state index is 10.4. The third kappa shape index (κ3) is 5.58. The van der Waals surface area contributed by atoms with Gasteiger partial charge in [0.15, 0.2) is 5.78 Å². The van der Waals surface area contributed by atoms with Crippen LogP contribution in [0.2, 0.25) is 0 Å². The molecule has 2 nitrogen and oxygen atoms in total. The lowest BCUT2D eigenvalue weighted by molar-refractivity contribution is -0.114. The molecule has 2 aliphatic rings. The number of hydrogen-bond donors (Lipinski definition) is 1. The molecule has 13 heavy (non-hydrogen) atoms. The number of hydrogen-bond acceptors (Lipinski definition) is 2. The van der Waals surface area contributed by atoms with Crippen LogP contribution in [0.25, 0.3) is 0 Å². The van der Waals surface area contributed by atoms with Crippen LogP contribution < -0.4 is 5.32 Å². The number of carbonyl (C=O) groups excluding carboxylic acids is 1. The Bertz CT molecular complexity index is 159. The van der Waals surface area contributed by atoms with Gasteiger partial charge in [0.2, 0.25) is 0 Å². The molecule has 1 aliphatic carbocycles. The Hall–Kier alpha value is -0.630. The smallest absolute Gasteiger partial charge is 0.155 e. The molecule has 2 heteroatoms. The van der Waals surface area contributed by atoms with Crippen molar-refractivity contribution in [2.45, 2.75) is 38.5 Å². The van der Waals surface area contributed by atoms with E-state index in [0.717, 1.165) is 19.3 Å². The van der Waals surface area contributed by atoms with Gasteiger partial charge in [-0.25, -0.2) is 0 Å². The molecular formula is C11H19NO. The van der Waals surface area contributed by atoms with E-state index in [-0.39, 0.29) is 5.78 Å². The lowest BCUT2D eigenvalue weighted by atomic mass is 10.1. The third-order valence-electron chi connectivity index (χ3n) is 2.30. The van der Waals surface area contributed by atoms with Gasteiger partial charge in [0.25, 0.3) is 0 Å². The summed E-state index contributed by atoms with van der Waals surface area (Å²) in [6.45, 7) is 2.50. The molecular weight excluding hydrogens is 162 g/mol. The van der Waals surface area contributed by atoms with Crippen LogP contribution in [0, 0.1) is 0 Å². The van der Waals surface area contributed by atoms with Gasteiger partial charge in [-0.3, -0.25) is 4.79 Å². The summed E-state index contributed by atoms with van der Waals surface area (Å²) in [6.07, 6.45) is 10.7. The zero-order valence-corrected chi connectivity index (χ0v) is 8.22. The monoisotopic (exact) mass is 181 g/mol. The van der Waals surface area contributed by atoms with Crippen LogP contribution in [0.3, 0.4) is 0 Å². The molecule has 0 spiro atoms. The zero-order chi connectivity index (χ0) is 9.36. The zero-order valence-electron chi connectivity index (χ0n) is 8.22. The summed E-state index contributed by atoms with van der Waals surface area (Å²) in [5.41, 5.74) is 0. The molecule has 0 amide bonds. The van der Waals surface area contributed by atoms with E-state index in [0.29, 0.717) is 0 Å². The Labute approximate surface area is 80.4 Å². The van der Waals surface area contributed by atoms with Crippen LogP contribution in [0.5, 0.6) is 0 Å². The third-order valence-corrected chi connectivity index (χ3v) is 2.30. The van der Waals surface area contributed by atoms with Crippen LogP contribution in [-0.4, -0.2) is 18.9 Å². The van der Waals surface area contributed by atoms with Crippen LogP contribution in [-0.2, 0) is 4.79 Å². The van der Waals surface area contributed by atoms with Crippen molar-refractivity contribution in [3.8, 4) is 0 Å². The average molecular weight is 181 g/mol. The summed E-state index contributed by atoms with van der Waals surface area (Å²) in [7, 11) is 0. The van der Waals surface area contributed by atoms with Gasteiger partial charge in [0.1, 0.15) is 0 Å². The van der Waals surface area contributed by atoms with Crippen LogP contribution in [0.1, 0.15) is 38.5 Å². The Balaban J connectivity index is 0.000000132. The maximum absolute atomic E-state index is 10.4. The minimum absolute atomic E-state index is 0.284. The van der Waals surface area contributed by atoms with Gasteiger partial charge in [-0.1, -0.05) is 12.5 Å². The highest BCUT2D eigenvalue weighted by atomic mass is 16.1. The SMILES string of the molecule is C1CCNCC1.O=C1C=CCCC1. The Kier molecular flexibility index (Phi) is 5.50. The summed E-state index contributed by atoms with van der Waals surface area (Å²) < 4.78 is 0. The molecule has 1 saturated heterocycles. The van der Waals surface area contributed by atoms with Crippen molar-refractivity contribution in [1.29, 1.82) is 0 Å². The van der Waals surface area contributed by atoms with Crippen molar-refractivity contribution in [2.75, 3.05) is 13.1 Å². The molecule has 2 rings (SSSR count). The molecule has 1 N–H and O–H groups in total. The maximum Gasteiger partial charge on any atom is 0.155 e. The highest BCUT2D eigenvalue weighted by Crippen LogP contribution is 2.04. The normalized spacial score (nSPS) is 22.0. The van der Waals surface area contributed by atoms with E-state index >= 15 is 0 Å². The van der Waals surface area contributed by atoms with E-state index < -0.39 is 0 Å². The van der Waals surface area contributed by atoms with E-state index in [1.165, 1.54) is 32.4 Å². The summed E-state index contributed by atoms with van der Waals surface area (Å²) >= 11 is 0. The van der Waals surface area contributed by atoms with Crippen LogP contribution >= 0.6 is 0 Å². The molecule has 0 aromatic heterocycles. The van der Waals surface area contributed by atoms with Gasteiger partial charge in [-0.2, -0.15) is 0 Å². The van der Waals surface area contributed by atoms with Gasteiger partial charge >= 0.3 is 0 Å². The number of piperidine rings is 1. The molecule has 0 saturated carbocycles. The largest absolute Gasteiger partial charge is 0.317 e. The summed E-state index contributed by atoms with van der Waals surface area (Å²) in [5.74, 6) is 0.284. The van der Waals surface area contributed by atoms with Crippen molar-refractivity contribution in [1.82, 2.24) is 5.32 Å². The fraction of sp³-hybridized carbons (Fsp3) is 0.727. The summed E-state index contributed by atoms with van der Waals surface area (Å²) in [6, 6.07) is 0. The van der Waals surface area contributed by atoms with Gasteiger partial charge in [0.05, 0.1) is 0 Å². The van der Waals surface area contributed by atoms with E-state index in [2.05, 4.69) is 5.32 Å². The molecule has 0 aromatic rings. The fourth-order valence-electron chi connectivity index (χ4n) is 1.49. The molecule has 0 unspecified atom stereocenters. The van der Waals surface area contributed by atoms with Crippen LogP contribution in [0.15, 0.2) is 12.2 Å². The second-order valence-electron chi connectivity index (χ2n) is 3.57. The van der Waals surface area contributed by atoms with Crippen molar-refractivity contribution in [3.05, 3.63) is 12.2 Å². The van der Waals surface area contributed by atoms with Crippen molar-refractivity contribution in [2.24, 2.45) is 0 Å². The Morgan fingerprint density at radius 3 is 2.08 bits per heavy atom. The number of rotatable bonds is 0. The molecule has 0 radical (unpaired) electrons. The van der Waals surface area contributed by atoms with Gasteiger partial charge < -0.3 is 5.32 Å². The first-order valence-electron chi connectivity index (χ1n) is 5.30. The van der Waals surface area contributed by atoms with E-state index in [1.54, 1.807) is 6.08 Å². The average Bonchev–Trinajstić information content (AvgIpc) is 2.22. The van der Waals surface area contributed by atoms with Crippen molar-refractivity contribution < 1.29 is 4.79 Å². The number of ketones is 1. The quantitative estimate of drug-likeness (QED) is 0.619. The minimum atomic E-state index is 0.284. The first kappa shape index (κ1) is 10.5. The number of carbonyl (C=O) groups is 1. The van der Waals surface area contributed by atoms with Crippen molar-refractivity contribution in [3.63, 3.8) is 0 Å². The summed E-state index contributed by atoms with van der Waals surface area (Å²) in [5, 5.41) is 3.28. The van der Waals surface area contributed by atoms with E-state index in [1.807, 2.05) is 6.08 Å². The molecule has 74 valence electrons. The van der Waals surface area contributed by atoms with Gasteiger partial charge in [-0.05, 0) is 44.8 Å². The Morgan fingerprint density at radius 2 is 1.85 bits per heavy atom. The van der Waals surface area contributed by atoms with Gasteiger partial charge in [0, 0.05) is 6.42 Å². The topological polar surface area (TPSA) is 29.1 Å². The standard InChI is InChI=1S/C6H8O.C5H11N/c7-6-4-2-1-3-5-6;1-2-4-6-5-3-1/h2,4H,1,3,5H2;6H,1-5H2. The van der Waals surface area contributed by atoms with Crippen molar-refractivity contribution >= 4 is 5.78 Å². The lowest BCUT2D eigenvalue weighted by Crippen LogP contribution is -2.21. The van der Waals surface area contributed by atoms with Gasteiger partial charge in [-0.15, -0.1) is 0 Å². The highest BCUT2D eigenvalue weighted by Gasteiger charge is 1.98. The minimum Gasteiger partial charge on any atom is -0.317 e. The van der Waals surface area contributed by atoms with E-state index in [4.69, 9.17) is 0 Å². The second-order valence-corrected chi connectivity index (χ2v) is 3.57. The van der Waals surface area contributed by atoms with Crippen LogP contribution in [0.4, 0.5) is 0 Å². The predicted octanol–water partition coefficient (Wildman–Crippen LogP) is 2.06. The first-order valence-corrected chi connectivity index (χ1v) is 5.30. The molecule has 0 aromatic carbocycles. The second kappa shape index (κ2) is 6.84.